The maximum absolute atomic E-state index is 11.1. The summed E-state index contributed by atoms with van der Waals surface area (Å²) in [4.78, 5) is 13.3. The standard InChI is InChI=1S/C11H20N2O/c1-4-10(14)12-9-11(13(2)3)7-5-6-8-11/h4H,1,5-9H2,2-3H3,(H,12,14). The number of amides is 1. The van der Waals surface area contributed by atoms with E-state index in [4.69, 9.17) is 0 Å². The summed E-state index contributed by atoms with van der Waals surface area (Å²) in [5.41, 5.74) is 0.179. The highest BCUT2D eigenvalue weighted by atomic mass is 16.1. The van der Waals surface area contributed by atoms with E-state index >= 15 is 0 Å². The van der Waals surface area contributed by atoms with E-state index in [2.05, 4.69) is 30.9 Å². The topological polar surface area (TPSA) is 32.3 Å². The van der Waals surface area contributed by atoms with Gasteiger partial charge in [0.1, 0.15) is 0 Å². The number of nitrogens with one attached hydrogen (secondary N) is 1. The van der Waals surface area contributed by atoms with Gasteiger partial charge in [-0.25, -0.2) is 0 Å². The SMILES string of the molecule is C=CC(=O)NCC1(N(C)C)CCCC1. The van der Waals surface area contributed by atoms with Crippen molar-refractivity contribution in [3.8, 4) is 0 Å². The molecule has 0 bridgehead atoms. The fourth-order valence-corrected chi connectivity index (χ4v) is 2.14. The molecule has 1 fully saturated rings. The van der Waals surface area contributed by atoms with Gasteiger partial charge in [0.15, 0.2) is 0 Å². The average molecular weight is 196 g/mol. The first-order valence-electron chi connectivity index (χ1n) is 5.18. The molecule has 1 aliphatic rings. The van der Waals surface area contributed by atoms with E-state index in [1.165, 1.54) is 31.8 Å². The van der Waals surface area contributed by atoms with Crippen LogP contribution in [-0.2, 0) is 4.79 Å². The van der Waals surface area contributed by atoms with E-state index in [1.807, 2.05) is 0 Å². The van der Waals surface area contributed by atoms with E-state index in [9.17, 15) is 4.79 Å². The molecule has 3 nitrogen and oxygen atoms in total. The summed E-state index contributed by atoms with van der Waals surface area (Å²) >= 11 is 0. The lowest BCUT2D eigenvalue weighted by Crippen LogP contribution is -2.50. The Morgan fingerprint density at radius 3 is 2.50 bits per heavy atom. The lowest BCUT2D eigenvalue weighted by Gasteiger charge is -2.36. The van der Waals surface area contributed by atoms with Gasteiger partial charge in [-0.05, 0) is 33.0 Å². The summed E-state index contributed by atoms with van der Waals surface area (Å²) in [6, 6.07) is 0. The van der Waals surface area contributed by atoms with E-state index in [-0.39, 0.29) is 11.4 Å². The quantitative estimate of drug-likeness (QED) is 0.684. The Morgan fingerprint density at radius 2 is 2.07 bits per heavy atom. The van der Waals surface area contributed by atoms with Crippen LogP contribution in [0.1, 0.15) is 25.7 Å². The van der Waals surface area contributed by atoms with Crippen LogP contribution < -0.4 is 5.32 Å². The van der Waals surface area contributed by atoms with E-state index < -0.39 is 0 Å². The molecule has 1 aliphatic carbocycles. The summed E-state index contributed by atoms with van der Waals surface area (Å²) < 4.78 is 0. The zero-order chi connectivity index (χ0) is 10.6. The molecule has 0 saturated heterocycles. The Bertz CT molecular complexity index is 217. The van der Waals surface area contributed by atoms with E-state index in [1.54, 1.807) is 0 Å². The van der Waals surface area contributed by atoms with Gasteiger partial charge in [0.05, 0.1) is 0 Å². The normalized spacial score (nSPS) is 19.6. The van der Waals surface area contributed by atoms with Crippen molar-refractivity contribution in [1.82, 2.24) is 10.2 Å². The van der Waals surface area contributed by atoms with Crippen LogP contribution in [-0.4, -0.2) is 37.0 Å². The molecule has 1 N–H and O–H groups in total. The average Bonchev–Trinajstić information content (AvgIpc) is 2.64. The molecule has 1 amide bonds. The second-order valence-electron chi connectivity index (χ2n) is 4.25. The number of carbonyl (C=O) groups excluding carboxylic acids is 1. The monoisotopic (exact) mass is 196 g/mol. The van der Waals surface area contributed by atoms with Crippen molar-refractivity contribution < 1.29 is 4.79 Å². The largest absolute Gasteiger partial charge is 0.351 e. The molecule has 0 atom stereocenters. The minimum absolute atomic E-state index is 0.0712. The van der Waals surface area contributed by atoms with E-state index in [0.29, 0.717) is 0 Å². The number of likely N-dealkylation sites (N-methyl/N-ethyl adjacent to an activating group) is 1. The highest BCUT2D eigenvalue weighted by Gasteiger charge is 2.35. The number of carbonyl (C=O) groups is 1. The predicted molar refractivity (Wildman–Crippen MR) is 58.1 cm³/mol. The predicted octanol–water partition coefficient (Wildman–Crippen LogP) is 1.16. The molecular weight excluding hydrogens is 176 g/mol. The third kappa shape index (κ3) is 2.35. The van der Waals surface area contributed by atoms with Crippen molar-refractivity contribution in [2.24, 2.45) is 0 Å². The van der Waals surface area contributed by atoms with Crippen LogP contribution in [0.2, 0.25) is 0 Å². The number of hydrogen-bond acceptors (Lipinski definition) is 2. The third-order valence-electron chi connectivity index (χ3n) is 3.26. The summed E-state index contributed by atoms with van der Waals surface area (Å²) in [6.07, 6.45) is 6.22. The zero-order valence-electron chi connectivity index (χ0n) is 9.18. The molecule has 0 aliphatic heterocycles. The Balaban J connectivity index is 2.52. The van der Waals surface area contributed by atoms with Crippen LogP contribution in [0.25, 0.3) is 0 Å². The van der Waals surface area contributed by atoms with Gasteiger partial charge in [-0.3, -0.25) is 4.79 Å². The highest BCUT2D eigenvalue weighted by molar-refractivity contribution is 5.86. The van der Waals surface area contributed by atoms with Gasteiger partial charge in [0, 0.05) is 12.1 Å². The highest BCUT2D eigenvalue weighted by Crippen LogP contribution is 2.32. The molecule has 80 valence electrons. The summed E-state index contributed by atoms with van der Waals surface area (Å²) in [6.45, 7) is 4.19. The van der Waals surface area contributed by atoms with Crippen LogP contribution in [0, 0.1) is 0 Å². The lowest BCUT2D eigenvalue weighted by molar-refractivity contribution is -0.117. The Labute approximate surface area is 86.2 Å². The summed E-state index contributed by atoms with van der Waals surface area (Å²) in [7, 11) is 4.18. The second-order valence-corrected chi connectivity index (χ2v) is 4.25. The lowest BCUT2D eigenvalue weighted by atomic mass is 9.96. The Morgan fingerprint density at radius 1 is 1.50 bits per heavy atom. The third-order valence-corrected chi connectivity index (χ3v) is 3.26. The minimum atomic E-state index is -0.0712. The van der Waals surface area contributed by atoms with Gasteiger partial charge in [-0.1, -0.05) is 19.4 Å². The Hall–Kier alpha value is -0.830. The number of nitrogens with zero attached hydrogens (tertiary/aromatic N) is 1. The molecule has 0 unspecified atom stereocenters. The molecule has 0 aromatic heterocycles. The van der Waals surface area contributed by atoms with Crippen LogP contribution in [0.15, 0.2) is 12.7 Å². The summed E-state index contributed by atoms with van der Waals surface area (Å²) in [5.74, 6) is -0.0712. The first kappa shape index (κ1) is 11.2. The van der Waals surface area contributed by atoms with E-state index in [0.717, 1.165) is 6.54 Å². The smallest absolute Gasteiger partial charge is 0.243 e. The Kier molecular flexibility index (Phi) is 3.69. The first-order chi connectivity index (χ1) is 6.60. The van der Waals surface area contributed by atoms with Gasteiger partial charge < -0.3 is 10.2 Å². The van der Waals surface area contributed by atoms with Crippen molar-refractivity contribution in [2.75, 3.05) is 20.6 Å². The molecule has 0 aromatic rings. The van der Waals surface area contributed by atoms with Crippen molar-refractivity contribution in [3.05, 3.63) is 12.7 Å². The fraction of sp³-hybridized carbons (Fsp3) is 0.727. The van der Waals surface area contributed by atoms with Gasteiger partial charge in [-0.15, -0.1) is 0 Å². The summed E-state index contributed by atoms with van der Waals surface area (Å²) in [5, 5.41) is 2.90. The molecule has 0 heterocycles. The molecule has 1 rings (SSSR count). The number of hydrogen-bond donors (Lipinski definition) is 1. The molecule has 0 radical (unpaired) electrons. The zero-order valence-corrected chi connectivity index (χ0v) is 9.18. The fourth-order valence-electron chi connectivity index (χ4n) is 2.14. The van der Waals surface area contributed by atoms with Gasteiger partial charge >= 0.3 is 0 Å². The van der Waals surface area contributed by atoms with Gasteiger partial charge in [-0.2, -0.15) is 0 Å². The van der Waals surface area contributed by atoms with Crippen LogP contribution in [0.5, 0.6) is 0 Å². The maximum Gasteiger partial charge on any atom is 0.243 e. The van der Waals surface area contributed by atoms with Crippen molar-refractivity contribution in [2.45, 2.75) is 31.2 Å². The molecule has 0 aromatic carbocycles. The van der Waals surface area contributed by atoms with Gasteiger partial charge in [0.2, 0.25) is 5.91 Å². The second kappa shape index (κ2) is 4.60. The number of rotatable bonds is 4. The van der Waals surface area contributed by atoms with Crippen molar-refractivity contribution in [1.29, 1.82) is 0 Å². The van der Waals surface area contributed by atoms with Gasteiger partial charge in [0.25, 0.3) is 0 Å². The minimum Gasteiger partial charge on any atom is -0.351 e. The van der Waals surface area contributed by atoms with Crippen LogP contribution in [0.3, 0.4) is 0 Å². The molecule has 3 heteroatoms. The van der Waals surface area contributed by atoms with Crippen molar-refractivity contribution >= 4 is 5.91 Å². The molecule has 1 saturated carbocycles. The van der Waals surface area contributed by atoms with Crippen LogP contribution in [0.4, 0.5) is 0 Å². The maximum atomic E-state index is 11.1. The van der Waals surface area contributed by atoms with Crippen molar-refractivity contribution in [3.63, 3.8) is 0 Å². The molecule has 14 heavy (non-hydrogen) atoms. The first-order valence-corrected chi connectivity index (χ1v) is 5.18. The molecular formula is C11H20N2O. The molecule has 0 spiro atoms. The van der Waals surface area contributed by atoms with Crippen LogP contribution >= 0.6 is 0 Å².